The van der Waals surface area contributed by atoms with Crippen LogP contribution >= 0.6 is 0 Å². The highest BCUT2D eigenvalue weighted by Gasteiger charge is 2.22. The highest BCUT2D eigenvalue weighted by molar-refractivity contribution is 5.95. The van der Waals surface area contributed by atoms with Gasteiger partial charge in [-0.2, -0.15) is 0 Å². The predicted octanol–water partition coefficient (Wildman–Crippen LogP) is 1.42. The van der Waals surface area contributed by atoms with E-state index >= 15 is 0 Å². The highest BCUT2D eigenvalue weighted by atomic mass is 16.6. The van der Waals surface area contributed by atoms with E-state index in [4.69, 9.17) is 15.1 Å². The second kappa shape index (κ2) is 4.45. The normalized spacial score (nSPS) is 17.2. The average molecular weight is 248 g/mol. The molecule has 0 spiro atoms. The van der Waals surface area contributed by atoms with Gasteiger partial charge in [-0.25, -0.2) is 4.63 Å². The van der Waals surface area contributed by atoms with Crippen LogP contribution in [0.25, 0.3) is 11.0 Å². The van der Waals surface area contributed by atoms with Crippen LogP contribution in [-0.2, 0) is 4.74 Å². The molecule has 1 aliphatic heterocycles. The number of nitrogen functional groups attached to an aromatic ring is 1. The first kappa shape index (κ1) is 11.3. The predicted molar refractivity (Wildman–Crippen MR) is 68.5 cm³/mol. The number of nitrogens with two attached hydrogens (primary N) is 1. The van der Waals surface area contributed by atoms with Gasteiger partial charge in [-0.3, -0.25) is 0 Å². The molecule has 0 amide bonds. The minimum absolute atomic E-state index is 0.460. The molecule has 1 saturated heterocycles. The van der Waals surface area contributed by atoms with E-state index in [1.54, 1.807) is 0 Å². The van der Waals surface area contributed by atoms with Crippen molar-refractivity contribution in [3.8, 4) is 0 Å². The zero-order valence-corrected chi connectivity index (χ0v) is 10.3. The molecule has 0 bridgehead atoms. The van der Waals surface area contributed by atoms with Crippen LogP contribution in [0.3, 0.4) is 0 Å². The molecule has 3 rings (SSSR count). The third kappa shape index (κ3) is 1.78. The van der Waals surface area contributed by atoms with Gasteiger partial charge < -0.3 is 15.4 Å². The summed E-state index contributed by atoms with van der Waals surface area (Å²) in [6, 6.07) is 4.27. The number of anilines is 2. The Hall–Kier alpha value is -1.82. The Bertz CT molecular complexity index is 548. The Morgan fingerprint density at radius 2 is 1.94 bits per heavy atom. The van der Waals surface area contributed by atoms with E-state index in [2.05, 4.69) is 22.3 Å². The van der Waals surface area contributed by atoms with Crippen molar-refractivity contribution in [2.45, 2.75) is 18.9 Å². The van der Waals surface area contributed by atoms with Gasteiger partial charge in [0.05, 0.1) is 11.4 Å². The molecule has 0 unspecified atom stereocenters. The van der Waals surface area contributed by atoms with E-state index in [0.717, 1.165) is 37.3 Å². The van der Waals surface area contributed by atoms with Gasteiger partial charge >= 0.3 is 0 Å². The van der Waals surface area contributed by atoms with Crippen molar-refractivity contribution in [1.29, 1.82) is 0 Å². The third-order valence-corrected chi connectivity index (χ3v) is 3.54. The Labute approximate surface area is 105 Å². The topological polar surface area (TPSA) is 77.4 Å². The molecule has 1 aromatic heterocycles. The van der Waals surface area contributed by atoms with E-state index in [1.807, 2.05) is 12.1 Å². The minimum atomic E-state index is 0.460. The van der Waals surface area contributed by atoms with Crippen molar-refractivity contribution in [2.24, 2.45) is 0 Å². The molecule has 2 N–H and O–H groups in total. The lowest BCUT2D eigenvalue weighted by molar-refractivity contribution is 0.0855. The van der Waals surface area contributed by atoms with Gasteiger partial charge in [0.15, 0.2) is 11.0 Å². The van der Waals surface area contributed by atoms with E-state index in [-0.39, 0.29) is 0 Å². The average Bonchev–Trinajstić information content (AvgIpc) is 2.90. The number of aromatic nitrogens is 2. The van der Waals surface area contributed by atoms with E-state index in [9.17, 15) is 0 Å². The molecule has 6 nitrogen and oxygen atoms in total. The number of nitrogens with zero attached hydrogens (tertiary/aromatic N) is 3. The summed E-state index contributed by atoms with van der Waals surface area (Å²) < 4.78 is 10.2. The molecule has 2 heterocycles. The summed E-state index contributed by atoms with van der Waals surface area (Å²) in [7, 11) is 2.07. The van der Waals surface area contributed by atoms with Gasteiger partial charge in [0.1, 0.15) is 0 Å². The molecular formula is C12H16N4O2. The third-order valence-electron chi connectivity index (χ3n) is 3.54. The summed E-state index contributed by atoms with van der Waals surface area (Å²) in [4.78, 5) is 2.22. The number of benzene rings is 1. The van der Waals surface area contributed by atoms with Crippen molar-refractivity contribution in [3.63, 3.8) is 0 Å². The second-order valence-electron chi connectivity index (χ2n) is 4.59. The number of fused-ring (bicyclic) bond motifs is 1. The summed E-state index contributed by atoms with van der Waals surface area (Å²) in [5.41, 5.74) is 8.80. The molecule has 2 aromatic rings. The zero-order chi connectivity index (χ0) is 12.5. The first-order chi connectivity index (χ1) is 8.77. The number of hydrogen-bond acceptors (Lipinski definition) is 6. The summed E-state index contributed by atoms with van der Waals surface area (Å²) in [6.45, 7) is 1.62. The fraction of sp³-hybridized carbons (Fsp3) is 0.500. The lowest BCUT2D eigenvalue weighted by atomic mass is 10.1. The smallest absolute Gasteiger partial charge is 0.160 e. The molecule has 1 aromatic carbocycles. The second-order valence-corrected chi connectivity index (χ2v) is 4.59. The number of ether oxygens (including phenoxy) is 1. The maximum atomic E-state index is 5.85. The van der Waals surface area contributed by atoms with Crippen LogP contribution in [0.4, 0.5) is 11.4 Å². The first-order valence-corrected chi connectivity index (χ1v) is 6.08. The lowest BCUT2D eigenvalue weighted by Crippen LogP contribution is -2.36. The Balaban J connectivity index is 1.98. The molecule has 0 atom stereocenters. The Morgan fingerprint density at radius 3 is 2.72 bits per heavy atom. The maximum absolute atomic E-state index is 5.85. The summed E-state index contributed by atoms with van der Waals surface area (Å²) >= 11 is 0. The maximum Gasteiger partial charge on any atom is 0.160 e. The van der Waals surface area contributed by atoms with Crippen LogP contribution in [0.5, 0.6) is 0 Å². The number of hydrogen-bond donors (Lipinski definition) is 1. The van der Waals surface area contributed by atoms with Crippen LogP contribution in [-0.4, -0.2) is 36.6 Å². The van der Waals surface area contributed by atoms with Crippen molar-refractivity contribution in [1.82, 2.24) is 10.3 Å². The van der Waals surface area contributed by atoms with Gasteiger partial charge in [0.2, 0.25) is 0 Å². The van der Waals surface area contributed by atoms with Gasteiger partial charge in [0, 0.05) is 26.3 Å². The molecule has 0 radical (unpaired) electrons. The SMILES string of the molecule is CN(c1ccc(N)c2nonc12)C1CCOCC1. The van der Waals surface area contributed by atoms with Crippen LogP contribution in [0, 0.1) is 0 Å². The fourth-order valence-electron chi connectivity index (χ4n) is 2.43. The van der Waals surface area contributed by atoms with Crippen molar-refractivity contribution in [3.05, 3.63) is 12.1 Å². The molecule has 0 saturated carbocycles. The summed E-state index contributed by atoms with van der Waals surface area (Å²) in [5, 5.41) is 7.80. The van der Waals surface area contributed by atoms with E-state index in [1.165, 1.54) is 0 Å². The van der Waals surface area contributed by atoms with Crippen LogP contribution in [0.1, 0.15) is 12.8 Å². The number of rotatable bonds is 2. The lowest BCUT2D eigenvalue weighted by Gasteiger charge is -2.32. The quantitative estimate of drug-likeness (QED) is 0.810. The van der Waals surface area contributed by atoms with Gasteiger partial charge in [0.25, 0.3) is 0 Å². The summed E-state index contributed by atoms with van der Waals surface area (Å²) in [6.07, 6.45) is 2.04. The molecule has 6 heteroatoms. The van der Waals surface area contributed by atoms with Gasteiger partial charge in [-0.15, -0.1) is 0 Å². The molecule has 96 valence electrons. The molecular weight excluding hydrogens is 232 g/mol. The Morgan fingerprint density at radius 1 is 1.22 bits per heavy atom. The minimum Gasteiger partial charge on any atom is -0.397 e. The van der Waals surface area contributed by atoms with Gasteiger partial charge in [-0.1, -0.05) is 0 Å². The molecule has 0 aliphatic carbocycles. The van der Waals surface area contributed by atoms with Gasteiger partial charge in [-0.05, 0) is 35.3 Å². The molecule has 1 aliphatic rings. The fourth-order valence-corrected chi connectivity index (χ4v) is 2.43. The van der Waals surface area contributed by atoms with Crippen molar-refractivity contribution >= 4 is 22.4 Å². The molecule has 1 fully saturated rings. The highest BCUT2D eigenvalue weighted by Crippen LogP contribution is 2.30. The molecule has 18 heavy (non-hydrogen) atoms. The van der Waals surface area contributed by atoms with E-state index < -0.39 is 0 Å². The van der Waals surface area contributed by atoms with Crippen LogP contribution in [0.2, 0.25) is 0 Å². The largest absolute Gasteiger partial charge is 0.397 e. The summed E-state index contributed by atoms with van der Waals surface area (Å²) in [5.74, 6) is 0. The first-order valence-electron chi connectivity index (χ1n) is 6.08. The van der Waals surface area contributed by atoms with Crippen molar-refractivity contribution in [2.75, 3.05) is 30.9 Å². The van der Waals surface area contributed by atoms with Crippen LogP contribution in [0.15, 0.2) is 16.8 Å². The van der Waals surface area contributed by atoms with Crippen molar-refractivity contribution < 1.29 is 9.37 Å². The standard InChI is InChI=1S/C12H16N4O2/c1-16(8-4-6-17-7-5-8)10-3-2-9(13)11-12(10)15-18-14-11/h2-3,8H,4-7,13H2,1H3. The monoisotopic (exact) mass is 248 g/mol. The van der Waals surface area contributed by atoms with E-state index in [0.29, 0.717) is 17.2 Å². The zero-order valence-electron chi connectivity index (χ0n) is 10.3. The van der Waals surface area contributed by atoms with Crippen LogP contribution < -0.4 is 10.6 Å². The Kier molecular flexibility index (Phi) is 2.79.